The Kier molecular flexibility index (Phi) is 7.48. The SMILES string of the molecule is CCCN(CCN)C(=O)CCC(C)C. The predicted octanol–water partition coefficient (Wildman–Crippen LogP) is 1.62. The molecule has 0 radical (unpaired) electrons. The number of carbonyl (C=O) groups is 1. The molecular formula is C11H24N2O. The van der Waals surface area contributed by atoms with Gasteiger partial charge in [-0.1, -0.05) is 20.8 Å². The molecule has 0 unspecified atom stereocenters. The number of nitrogens with zero attached hydrogens (tertiary/aromatic N) is 1. The molecule has 0 atom stereocenters. The standard InChI is InChI=1S/C11H24N2O/c1-4-8-13(9-7-12)11(14)6-5-10(2)3/h10H,4-9,12H2,1-3H3. The third-order valence-corrected chi connectivity index (χ3v) is 2.18. The van der Waals surface area contributed by atoms with Gasteiger partial charge in [0.25, 0.3) is 0 Å². The van der Waals surface area contributed by atoms with E-state index in [1.54, 1.807) is 0 Å². The first-order valence-corrected chi connectivity index (χ1v) is 5.59. The van der Waals surface area contributed by atoms with Crippen LogP contribution in [-0.4, -0.2) is 30.4 Å². The summed E-state index contributed by atoms with van der Waals surface area (Å²) >= 11 is 0. The van der Waals surface area contributed by atoms with Crippen LogP contribution in [0.25, 0.3) is 0 Å². The molecule has 0 saturated carbocycles. The zero-order valence-corrected chi connectivity index (χ0v) is 9.75. The van der Waals surface area contributed by atoms with Crippen LogP contribution in [0.3, 0.4) is 0 Å². The van der Waals surface area contributed by atoms with Crippen LogP contribution in [0.15, 0.2) is 0 Å². The monoisotopic (exact) mass is 200 g/mol. The Morgan fingerprint density at radius 1 is 1.36 bits per heavy atom. The van der Waals surface area contributed by atoms with Gasteiger partial charge in [0, 0.05) is 26.1 Å². The van der Waals surface area contributed by atoms with E-state index in [2.05, 4.69) is 20.8 Å². The highest BCUT2D eigenvalue weighted by Gasteiger charge is 2.11. The molecule has 0 aliphatic rings. The Morgan fingerprint density at radius 2 is 2.00 bits per heavy atom. The fourth-order valence-electron chi connectivity index (χ4n) is 1.36. The molecule has 3 heteroatoms. The quantitative estimate of drug-likeness (QED) is 0.679. The van der Waals surface area contributed by atoms with Gasteiger partial charge >= 0.3 is 0 Å². The molecule has 0 aromatic carbocycles. The minimum Gasteiger partial charge on any atom is -0.341 e. The topological polar surface area (TPSA) is 46.3 Å². The van der Waals surface area contributed by atoms with E-state index in [0.717, 1.165) is 19.4 Å². The third kappa shape index (κ3) is 5.97. The van der Waals surface area contributed by atoms with Gasteiger partial charge in [0.15, 0.2) is 0 Å². The second kappa shape index (κ2) is 7.80. The molecule has 2 N–H and O–H groups in total. The van der Waals surface area contributed by atoms with Crippen molar-refractivity contribution in [3.8, 4) is 0 Å². The summed E-state index contributed by atoms with van der Waals surface area (Å²) < 4.78 is 0. The van der Waals surface area contributed by atoms with Gasteiger partial charge in [-0.3, -0.25) is 4.79 Å². The number of carbonyl (C=O) groups excluding carboxylic acids is 1. The Hall–Kier alpha value is -0.570. The minimum atomic E-state index is 0.256. The van der Waals surface area contributed by atoms with Crippen molar-refractivity contribution in [3.63, 3.8) is 0 Å². The van der Waals surface area contributed by atoms with Crippen molar-refractivity contribution in [1.29, 1.82) is 0 Å². The van der Waals surface area contributed by atoms with Gasteiger partial charge in [-0.25, -0.2) is 0 Å². The largest absolute Gasteiger partial charge is 0.341 e. The highest BCUT2D eigenvalue weighted by atomic mass is 16.2. The first-order chi connectivity index (χ1) is 6.61. The van der Waals surface area contributed by atoms with Crippen LogP contribution in [-0.2, 0) is 4.79 Å². The molecule has 0 aliphatic carbocycles. The lowest BCUT2D eigenvalue weighted by atomic mass is 10.1. The van der Waals surface area contributed by atoms with Crippen LogP contribution in [0.5, 0.6) is 0 Å². The lowest BCUT2D eigenvalue weighted by molar-refractivity contribution is -0.131. The Balaban J connectivity index is 3.88. The molecule has 0 heterocycles. The highest BCUT2D eigenvalue weighted by Crippen LogP contribution is 2.06. The average molecular weight is 200 g/mol. The zero-order chi connectivity index (χ0) is 11.0. The second-order valence-electron chi connectivity index (χ2n) is 4.10. The van der Waals surface area contributed by atoms with Gasteiger partial charge in [0.1, 0.15) is 0 Å². The maximum atomic E-state index is 11.7. The van der Waals surface area contributed by atoms with Gasteiger partial charge in [0.05, 0.1) is 0 Å². The van der Waals surface area contributed by atoms with E-state index in [1.165, 1.54) is 0 Å². The molecule has 0 fully saturated rings. The van der Waals surface area contributed by atoms with E-state index in [9.17, 15) is 4.79 Å². The van der Waals surface area contributed by atoms with Crippen LogP contribution >= 0.6 is 0 Å². The molecule has 14 heavy (non-hydrogen) atoms. The van der Waals surface area contributed by atoms with E-state index in [-0.39, 0.29) is 5.91 Å². The molecule has 1 amide bonds. The minimum absolute atomic E-state index is 0.256. The van der Waals surface area contributed by atoms with E-state index >= 15 is 0 Å². The van der Waals surface area contributed by atoms with E-state index in [0.29, 0.717) is 25.4 Å². The maximum Gasteiger partial charge on any atom is 0.222 e. The Morgan fingerprint density at radius 3 is 2.43 bits per heavy atom. The van der Waals surface area contributed by atoms with Gasteiger partial charge < -0.3 is 10.6 Å². The van der Waals surface area contributed by atoms with E-state index in [4.69, 9.17) is 5.73 Å². The lowest BCUT2D eigenvalue weighted by Gasteiger charge is -2.21. The first kappa shape index (κ1) is 13.4. The number of rotatable bonds is 7. The van der Waals surface area contributed by atoms with Gasteiger partial charge in [-0.15, -0.1) is 0 Å². The molecule has 0 spiro atoms. The fraction of sp³-hybridized carbons (Fsp3) is 0.909. The predicted molar refractivity (Wildman–Crippen MR) is 60.0 cm³/mol. The third-order valence-electron chi connectivity index (χ3n) is 2.18. The zero-order valence-electron chi connectivity index (χ0n) is 9.75. The smallest absolute Gasteiger partial charge is 0.222 e. The van der Waals surface area contributed by atoms with Crippen molar-refractivity contribution in [2.45, 2.75) is 40.0 Å². The highest BCUT2D eigenvalue weighted by molar-refractivity contribution is 5.76. The van der Waals surface area contributed by atoms with Gasteiger partial charge in [-0.05, 0) is 18.8 Å². The second-order valence-corrected chi connectivity index (χ2v) is 4.10. The number of amides is 1. The summed E-state index contributed by atoms with van der Waals surface area (Å²) in [5, 5.41) is 0. The summed E-state index contributed by atoms with van der Waals surface area (Å²) in [6.07, 6.45) is 2.65. The van der Waals surface area contributed by atoms with Crippen molar-refractivity contribution in [2.75, 3.05) is 19.6 Å². The number of hydrogen-bond acceptors (Lipinski definition) is 2. The molecule has 0 aliphatic heterocycles. The molecule has 0 rings (SSSR count). The molecule has 0 aromatic heterocycles. The van der Waals surface area contributed by atoms with E-state index < -0.39 is 0 Å². The van der Waals surface area contributed by atoms with E-state index in [1.807, 2.05) is 4.90 Å². The normalized spacial score (nSPS) is 10.6. The molecule has 3 nitrogen and oxygen atoms in total. The van der Waals surface area contributed by atoms with Crippen molar-refractivity contribution < 1.29 is 4.79 Å². The number of nitrogens with two attached hydrogens (primary N) is 1. The summed E-state index contributed by atoms with van der Waals surface area (Å²) in [7, 11) is 0. The summed E-state index contributed by atoms with van der Waals surface area (Å²) in [6.45, 7) is 8.46. The van der Waals surface area contributed by atoms with Crippen molar-refractivity contribution >= 4 is 5.91 Å². The van der Waals surface area contributed by atoms with Crippen molar-refractivity contribution in [3.05, 3.63) is 0 Å². The van der Waals surface area contributed by atoms with Crippen LogP contribution < -0.4 is 5.73 Å². The first-order valence-electron chi connectivity index (χ1n) is 5.59. The van der Waals surface area contributed by atoms with Crippen molar-refractivity contribution in [2.24, 2.45) is 11.7 Å². The lowest BCUT2D eigenvalue weighted by Crippen LogP contribution is -2.35. The molecule has 0 bridgehead atoms. The van der Waals surface area contributed by atoms with Crippen LogP contribution in [0, 0.1) is 5.92 Å². The number of hydrogen-bond donors (Lipinski definition) is 1. The molecular weight excluding hydrogens is 176 g/mol. The maximum absolute atomic E-state index is 11.7. The van der Waals surface area contributed by atoms with Crippen LogP contribution in [0.2, 0.25) is 0 Å². The summed E-state index contributed by atoms with van der Waals surface area (Å²) in [5.74, 6) is 0.853. The Bertz CT molecular complexity index is 151. The molecule has 84 valence electrons. The summed E-state index contributed by atoms with van der Waals surface area (Å²) in [4.78, 5) is 13.6. The van der Waals surface area contributed by atoms with Gasteiger partial charge in [0.2, 0.25) is 5.91 Å². The molecule has 0 aromatic rings. The Labute approximate surface area is 87.6 Å². The summed E-state index contributed by atoms with van der Waals surface area (Å²) in [6, 6.07) is 0. The van der Waals surface area contributed by atoms with Gasteiger partial charge in [-0.2, -0.15) is 0 Å². The summed E-state index contributed by atoms with van der Waals surface area (Å²) in [5.41, 5.74) is 5.46. The van der Waals surface area contributed by atoms with Crippen LogP contribution in [0.4, 0.5) is 0 Å². The van der Waals surface area contributed by atoms with Crippen molar-refractivity contribution in [1.82, 2.24) is 4.90 Å². The average Bonchev–Trinajstić information content (AvgIpc) is 2.14. The molecule has 0 saturated heterocycles. The van der Waals surface area contributed by atoms with Crippen LogP contribution in [0.1, 0.15) is 40.0 Å². The fourth-order valence-corrected chi connectivity index (χ4v) is 1.36.